The van der Waals surface area contributed by atoms with Gasteiger partial charge in [-0.15, -0.1) is 0 Å². The molecule has 1 aromatic carbocycles. The van der Waals surface area contributed by atoms with Gasteiger partial charge in [-0.3, -0.25) is 0 Å². The molecule has 90 valence electrons. The van der Waals surface area contributed by atoms with Crippen molar-refractivity contribution in [1.82, 2.24) is 5.32 Å². The second-order valence-corrected chi connectivity index (χ2v) is 4.66. The van der Waals surface area contributed by atoms with Gasteiger partial charge in [0, 0.05) is 6.04 Å². The topological polar surface area (TPSA) is 12.0 Å². The molecule has 16 heavy (non-hydrogen) atoms. The van der Waals surface area contributed by atoms with Gasteiger partial charge in [-0.2, -0.15) is 0 Å². The quantitative estimate of drug-likeness (QED) is 0.737. The van der Waals surface area contributed by atoms with E-state index in [9.17, 15) is 0 Å². The van der Waals surface area contributed by atoms with Gasteiger partial charge >= 0.3 is 0 Å². The first-order valence-corrected chi connectivity index (χ1v) is 6.49. The number of aryl methyl sites for hydroxylation is 2. The van der Waals surface area contributed by atoms with Crippen LogP contribution in [0.1, 0.15) is 43.7 Å². The number of rotatable bonds is 7. The van der Waals surface area contributed by atoms with Crippen molar-refractivity contribution >= 4 is 0 Å². The maximum Gasteiger partial charge on any atom is 0.00640 e. The zero-order valence-electron chi connectivity index (χ0n) is 10.9. The van der Waals surface area contributed by atoms with Crippen LogP contribution in [0.4, 0.5) is 0 Å². The van der Waals surface area contributed by atoms with Crippen molar-refractivity contribution in [3.8, 4) is 0 Å². The van der Waals surface area contributed by atoms with Crippen molar-refractivity contribution in [3.05, 3.63) is 35.4 Å². The van der Waals surface area contributed by atoms with Crippen LogP contribution >= 0.6 is 0 Å². The monoisotopic (exact) mass is 219 g/mol. The molecule has 0 bridgehead atoms. The fourth-order valence-electron chi connectivity index (χ4n) is 2.20. The first kappa shape index (κ1) is 13.2. The first-order chi connectivity index (χ1) is 7.76. The van der Waals surface area contributed by atoms with Crippen LogP contribution in [0.15, 0.2) is 24.3 Å². The molecule has 0 heterocycles. The second kappa shape index (κ2) is 7.45. The van der Waals surface area contributed by atoms with Crippen LogP contribution in [0, 0.1) is 6.92 Å². The summed E-state index contributed by atoms with van der Waals surface area (Å²) in [5.74, 6) is 0. The van der Waals surface area contributed by atoms with Crippen LogP contribution < -0.4 is 5.32 Å². The Bertz CT molecular complexity index is 293. The minimum Gasteiger partial charge on any atom is -0.317 e. The van der Waals surface area contributed by atoms with Crippen molar-refractivity contribution in [3.63, 3.8) is 0 Å². The molecule has 1 rings (SSSR count). The predicted molar refractivity (Wildman–Crippen MR) is 71.9 cm³/mol. The molecule has 1 nitrogen and oxygen atoms in total. The smallest absolute Gasteiger partial charge is 0.00640 e. The third kappa shape index (κ3) is 4.80. The second-order valence-electron chi connectivity index (χ2n) is 4.66. The fraction of sp³-hybridized carbons (Fsp3) is 0.600. The number of hydrogen-bond donors (Lipinski definition) is 1. The van der Waals surface area contributed by atoms with Crippen LogP contribution in [0.25, 0.3) is 0 Å². The van der Waals surface area contributed by atoms with Crippen LogP contribution in [-0.4, -0.2) is 13.1 Å². The van der Waals surface area contributed by atoms with Crippen LogP contribution in [0.3, 0.4) is 0 Å². The van der Waals surface area contributed by atoms with Gasteiger partial charge in [0.15, 0.2) is 0 Å². The molecule has 0 saturated carbocycles. The molecule has 0 aliphatic heterocycles. The molecule has 0 aromatic heterocycles. The summed E-state index contributed by atoms with van der Waals surface area (Å²) in [6.07, 6.45) is 6.36. The lowest BCUT2D eigenvalue weighted by molar-refractivity contribution is 0.470. The van der Waals surface area contributed by atoms with Gasteiger partial charge in [-0.05, 0) is 45.2 Å². The van der Waals surface area contributed by atoms with Gasteiger partial charge in [0.25, 0.3) is 0 Å². The van der Waals surface area contributed by atoms with Crippen LogP contribution in [0.5, 0.6) is 0 Å². The van der Waals surface area contributed by atoms with E-state index in [0.29, 0.717) is 6.04 Å². The lowest BCUT2D eigenvalue weighted by atomic mass is 10.0. The van der Waals surface area contributed by atoms with Crippen LogP contribution in [0.2, 0.25) is 0 Å². The zero-order valence-corrected chi connectivity index (χ0v) is 10.9. The summed E-state index contributed by atoms with van der Waals surface area (Å²) >= 11 is 0. The normalized spacial score (nSPS) is 12.7. The average molecular weight is 219 g/mol. The molecule has 0 aliphatic rings. The largest absolute Gasteiger partial charge is 0.317 e. The summed E-state index contributed by atoms with van der Waals surface area (Å²) in [6.45, 7) is 4.42. The Hall–Kier alpha value is -0.820. The molecule has 0 fully saturated rings. The fourth-order valence-corrected chi connectivity index (χ4v) is 2.20. The Morgan fingerprint density at radius 3 is 2.69 bits per heavy atom. The third-order valence-corrected chi connectivity index (χ3v) is 3.15. The molecule has 1 atom stereocenters. The van der Waals surface area contributed by atoms with E-state index in [-0.39, 0.29) is 0 Å². The molecule has 0 aliphatic carbocycles. The Morgan fingerprint density at radius 2 is 2.06 bits per heavy atom. The Kier molecular flexibility index (Phi) is 6.17. The van der Waals surface area contributed by atoms with Crippen LogP contribution in [-0.2, 0) is 6.42 Å². The lowest BCUT2D eigenvalue weighted by Gasteiger charge is -2.14. The predicted octanol–water partition coefficient (Wildman–Crippen LogP) is 3.71. The first-order valence-electron chi connectivity index (χ1n) is 6.49. The van der Waals surface area contributed by atoms with Crippen molar-refractivity contribution in [1.29, 1.82) is 0 Å². The summed E-state index contributed by atoms with van der Waals surface area (Å²) in [6, 6.07) is 9.56. The van der Waals surface area contributed by atoms with Crippen molar-refractivity contribution in [2.24, 2.45) is 0 Å². The molecule has 1 N–H and O–H groups in total. The zero-order chi connectivity index (χ0) is 11.8. The third-order valence-electron chi connectivity index (χ3n) is 3.15. The van der Waals surface area contributed by atoms with E-state index in [0.717, 1.165) is 0 Å². The minimum atomic E-state index is 0.704. The minimum absolute atomic E-state index is 0.704. The molecule has 0 spiro atoms. The molecule has 0 amide bonds. The van der Waals surface area contributed by atoms with E-state index in [1.165, 1.54) is 43.2 Å². The highest BCUT2D eigenvalue weighted by molar-refractivity contribution is 5.22. The van der Waals surface area contributed by atoms with E-state index in [4.69, 9.17) is 0 Å². The van der Waals surface area contributed by atoms with Gasteiger partial charge < -0.3 is 5.32 Å². The molecular weight excluding hydrogens is 194 g/mol. The number of benzene rings is 1. The molecular formula is C15H25N. The van der Waals surface area contributed by atoms with Crippen molar-refractivity contribution in [2.75, 3.05) is 7.05 Å². The summed E-state index contributed by atoms with van der Waals surface area (Å²) < 4.78 is 0. The van der Waals surface area contributed by atoms with Gasteiger partial charge in [-0.1, -0.05) is 43.2 Å². The van der Waals surface area contributed by atoms with Crippen molar-refractivity contribution in [2.45, 2.75) is 52.0 Å². The van der Waals surface area contributed by atoms with E-state index >= 15 is 0 Å². The summed E-state index contributed by atoms with van der Waals surface area (Å²) in [4.78, 5) is 0. The maximum atomic E-state index is 3.40. The number of nitrogens with one attached hydrogen (secondary N) is 1. The molecule has 0 radical (unpaired) electrons. The highest BCUT2D eigenvalue weighted by atomic mass is 14.9. The van der Waals surface area contributed by atoms with Gasteiger partial charge in [0.1, 0.15) is 0 Å². The van der Waals surface area contributed by atoms with Gasteiger partial charge in [0.2, 0.25) is 0 Å². The lowest BCUT2D eigenvalue weighted by Crippen LogP contribution is -2.24. The highest BCUT2D eigenvalue weighted by Gasteiger charge is 2.04. The average Bonchev–Trinajstić information content (AvgIpc) is 2.28. The Labute approximate surface area is 100 Å². The maximum absolute atomic E-state index is 3.40. The number of hydrogen-bond acceptors (Lipinski definition) is 1. The Balaban J connectivity index is 2.29. The SMILES string of the molecule is CCCC(CCCc1cccc(C)c1)NC. The molecule has 1 heteroatoms. The van der Waals surface area contributed by atoms with E-state index in [1.807, 2.05) is 0 Å². The molecule has 1 aromatic rings. The van der Waals surface area contributed by atoms with Gasteiger partial charge in [-0.25, -0.2) is 0 Å². The summed E-state index contributed by atoms with van der Waals surface area (Å²) in [5.41, 5.74) is 2.85. The standard InChI is InChI=1S/C15H25N/c1-4-7-15(16-3)11-6-10-14-9-5-8-13(2)12-14/h5,8-9,12,15-16H,4,6-7,10-11H2,1-3H3. The van der Waals surface area contributed by atoms with Gasteiger partial charge in [0.05, 0.1) is 0 Å². The Morgan fingerprint density at radius 1 is 1.25 bits per heavy atom. The summed E-state index contributed by atoms with van der Waals surface area (Å²) in [7, 11) is 2.08. The molecule has 0 saturated heterocycles. The summed E-state index contributed by atoms with van der Waals surface area (Å²) in [5, 5.41) is 3.40. The van der Waals surface area contributed by atoms with Crippen molar-refractivity contribution < 1.29 is 0 Å². The molecule has 1 unspecified atom stereocenters. The van der Waals surface area contributed by atoms with E-state index in [1.54, 1.807) is 0 Å². The van der Waals surface area contributed by atoms with E-state index < -0.39 is 0 Å². The highest BCUT2D eigenvalue weighted by Crippen LogP contribution is 2.11. The van der Waals surface area contributed by atoms with E-state index in [2.05, 4.69) is 50.5 Å².